The van der Waals surface area contributed by atoms with Gasteiger partial charge in [0, 0.05) is 19.6 Å². The Morgan fingerprint density at radius 1 is 1.22 bits per heavy atom. The molecule has 0 aliphatic carbocycles. The molecule has 0 aliphatic heterocycles. The Hall–Kier alpha value is -1.95. The van der Waals surface area contributed by atoms with Crippen LogP contribution >= 0.6 is 0 Å². The van der Waals surface area contributed by atoms with Crippen molar-refractivity contribution in [3.05, 3.63) is 24.3 Å². The number of carbonyl (C=O) groups excluding carboxylic acids is 1. The van der Waals surface area contributed by atoms with E-state index in [9.17, 15) is 4.79 Å². The number of para-hydroxylation sites is 2. The first-order chi connectivity index (χ1) is 8.74. The van der Waals surface area contributed by atoms with E-state index in [0.717, 1.165) is 5.75 Å². The fourth-order valence-electron chi connectivity index (χ4n) is 1.37. The first kappa shape index (κ1) is 14.1. The van der Waals surface area contributed by atoms with Crippen LogP contribution in [0.15, 0.2) is 24.3 Å². The molecule has 4 N–H and O–H groups in total. The van der Waals surface area contributed by atoms with Crippen molar-refractivity contribution in [2.24, 2.45) is 5.73 Å². The molecule has 18 heavy (non-hydrogen) atoms. The van der Waals surface area contributed by atoms with Gasteiger partial charge in [-0.3, -0.25) is 0 Å². The van der Waals surface area contributed by atoms with Crippen LogP contribution in [0.3, 0.4) is 0 Å². The fourth-order valence-corrected chi connectivity index (χ4v) is 1.37. The molecule has 1 aromatic rings. The molecule has 0 aliphatic rings. The molecule has 6 nitrogen and oxygen atoms in total. The van der Waals surface area contributed by atoms with E-state index in [0.29, 0.717) is 32.0 Å². The van der Waals surface area contributed by atoms with E-state index in [1.807, 2.05) is 24.3 Å². The van der Waals surface area contributed by atoms with Gasteiger partial charge in [-0.2, -0.15) is 0 Å². The maximum atomic E-state index is 10.4. The number of primary amides is 1. The SMILES string of the molecule is COc1ccccc1OCCNCCNC(N)=O. The van der Waals surface area contributed by atoms with E-state index in [1.54, 1.807) is 7.11 Å². The van der Waals surface area contributed by atoms with Gasteiger partial charge in [-0.05, 0) is 12.1 Å². The summed E-state index contributed by atoms with van der Waals surface area (Å²) in [7, 11) is 1.61. The number of urea groups is 1. The Balaban J connectivity index is 2.12. The summed E-state index contributed by atoms with van der Waals surface area (Å²) in [6.07, 6.45) is 0. The first-order valence-electron chi connectivity index (χ1n) is 5.74. The summed E-state index contributed by atoms with van der Waals surface area (Å²) >= 11 is 0. The molecule has 0 atom stereocenters. The molecule has 0 spiro atoms. The second kappa shape index (κ2) is 8.19. The molecule has 0 unspecified atom stereocenters. The third-order valence-corrected chi connectivity index (χ3v) is 2.21. The van der Waals surface area contributed by atoms with Crippen molar-refractivity contribution in [1.29, 1.82) is 0 Å². The molecule has 0 saturated heterocycles. The highest BCUT2D eigenvalue weighted by Crippen LogP contribution is 2.25. The Labute approximate surface area is 106 Å². The van der Waals surface area contributed by atoms with Crippen LogP contribution < -0.4 is 25.8 Å². The number of benzene rings is 1. The molecule has 6 heteroatoms. The van der Waals surface area contributed by atoms with Crippen LogP contribution in [-0.2, 0) is 0 Å². The highest BCUT2D eigenvalue weighted by atomic mass is 16.5. The highest BCUT2D eigenvalue weighted by Gasteiger charge is 2.01. The summed E-state index contributed by atoms with van der Waals surface area (Å²) in [5.41, 5.74) is 4.92. The highest BCUT2D eigenvalue weighted by molar-refractivity contribution is 5.71. The van der Waals surface area contributed by atoms with Crippen molar-refractivity contribution in [2.45, 2.75) is 0 Å². The van der Waals surface area contributed by atoms with E-state index < -0.39 is 6.03 Å². The average molecular weight is 253 g/mol. The normalized spacial score (nSPS) is 9.83. The topological polar surface area (TPSA) is 85.6 Å². The summed E-state index contributed by atoms with van der Waals surface area (Å²) in [6.45, 7) is 2.36. The number of nitrogens with two attached hydrogens (primary N) is 1. The van der Waals surface area contributed by atoms with Crippen molar-refractivity contribution >= 4 is 6.03 Å². The van der Waals surface area contributed by atoms with Gasteiger partial charge in [-0.15, -0.1) is 0 Å². The third-order valence-electron chi connectivity index (χ3n) is 2.21. The summed E-state index contributed by atoms with van der Waals surface area (Å²) in [4.78, 5) is 10.4. The summed E-state index contributed by atoms with van der Waals surface area (Å²) < 4.78 is 10.7. The summed E-state index contributed by atoms with van der Waals surface area (Å²) in [5.74, 6) is 1.44. The van der Waals surface area contributed by atoms with E-state index in [4.69, 9.17) is 15.2 Å². The number of nitrogens with one attached hydrogen (secondary N) is 2. The lowest BCUT2D eigenvalue weighted by atomic mass is 10.3. The smallest absolute Gasteiger partial charge is 0.312 e. The number of hydrogen-bond donors (Lipinski definition) is 3. The zero-order valence-electron chi connectivity index (χ0n) is 10.4. The zero-order chi connectivity index (χ0) is 13.2. The fraction of sp³-hybridized carbons (Fsp3) is 0.417. The van der Waals surface area contributed by atoms with Gasteiger partial charge in [-0.1, -0.05) is 12.1 Å². The van der Waals surface area contributed by atoms with Crippen LogP contribution in [0.2, 0.25) is 0 Å². The van der Waals surface area contributed by atoms with Crippen LogP contribution in [-0.4, -0.2) is 39.4 Å². The molecule has 0 fully saturated rings. The predicted molar refractivity (Wildman–Crippen MR) is 68.9 cm³/mol. The molecule has 1 aromatic carbocycles. The average Bonchev–Trinajstić information content (AvgIpc) is 2.37. The minimum absolute atomic E-state index is 0.504. The largest absolute Gasteiger partial charge is 0.493 e. The molecule has 0 heterocycles. The number of carbonyl (C=O) groups is 1. The van der Waals surface area contributed by atoms with Gasteiger partial charge in [-0.25, -0.2) is 4.79 Å². The Morgan fingerprint density at radius 2 is 1.94 bits per heavy atom. The minimum atomic E-state index is -0.512. The summed E-state index contributed by atoms with van der Waals surface area (Å²) in [6, 6.07) is 6.97. The Morgan fingerprint density at radius 3 is 2.61 bits per heavy atom. The molecule has 2 amide bonds. The van der Waals surface area contributed by atoms with Crippen molar-refractivity contribution in [3.63, 3.8) is 0 Å². The third kappa shape index (κ3) is 5.40. The van der Waals surface area contributed by atoms with Crippen LogP contribution in [0.5, 0.6) is 11.5 Å². The number of hydrogen-bond acceptors (Lipinski definition) is 4. The Bertz CT molecular complexity index is 371. The molecule has 100 valence electrons. The van der Waals surface area contributed by atoms with Crippen molar-refractivity contribution in [3.8, 4) is 11.5 Å². The molecular formula is C12H19N3O3. The maximum absolute atomic E-state index is 10.4. The van der Waals surface area contributed by atoms with Gasteiger partial charge in [0.25, 0.3) is 0 Å². The summed E-state index contributed by atoms with van der Waals surface area (Å²) in [5, 5.41) is 5.60. The lowest BCUT2D eigenvalue weighted by molar-refractivity contribution is 0.248. The van der Waals surface area contributed by atoms with E-state index in [1.165, 1.54) is 0 Å². The zero-order valence-corrected chi connectivity index (χ0v) is 10.4. The first-order valence-corrected chi connectivity index (χ1v) is 5.74. The van der Waals surface area contributed by atoms with E-state index in [-0.39, 0.29) is 0 Å². The van der Waals surface area contributed by atoms with Crippen molar-refractivity contribution in [2.75, 3.05) is 33.4 Å². The Kier molecular flexibility index (Phi) is 6.42. The predicted octanol–water partition coefficient (Wildman–Crippen LogP) is 0.332. The lowest BCUT2D eigenvalue weighted by Gasteiger charge is -2.10. The monoisotopic (exact) mass is 253 g/mol. The van der Waals surface area contributed by atoms with Crippen LogP contribution in [0.4, 0.5) is 4.79 Å². The number of methoxy groups -OCH3 is 1. The molecular weight excluding hydrogens is 234 g/mol. The minimum Gasteiger partial charge on any atom is -0.493 e. The maximum Gasteiger partial charge on any atom is 0.312 e. The number of ether oxygens (including phenoxy) is 2. The second-order valence-electron chi connectivity index (χ2n) is 3.54. The molecule has 0 bridgehead atoms. The van der Waals surface area contributed by atoms with Gasteiger partial charge in [0.15, 0.2) is 11.5 Å². The number of amides is 2. The molecule has 1 rings (SSSR count). The van der Waals surface area contributed by atoms with Gasteiger partial charge in [0.1, 0.15) is 6.61 Å². The molecule has 0 radical (unpaired) electrons. The van der Waals surface area contributed by atoms with Gasteiger partial charge >= 0.3 is 6.03 Å². The standard InChI is InChI=1S/C12H19N3O3/c1-17-10-4-2-3-5-11(10)18-9-8-14-6-7-15-12(13)16/h2-5,14H,6-9H2,1H3,(H3,13,15,16). The second-order valence-corrected chi connectivity index (χ2v) is 3.54. The lowest BCUT2D eigenvalue weighted by Crippen LogP contribution is -2.36. The van der Waals surface area contributed by atoms with Gasteiger partial charge in [0.05, 0.1) is 7.11 Å². The van der Waals surface area contributed by atoms with Crippen molar-refractivity contribution in [1.82, 2.24) is 10.6 Å². The van der Waals surface area contributed by atoms with Crippen LogP contribution in [0.25, 0.3) is 0 Å². The van der Waals surface area contributed by atoms with E-state index >= 15 is 0 Å². The van der Waals surface area contributed by atoms with Crippen LogP contribution in [0, 0.1) is 0 Å². The quantitative estimate of drug-likeness (QED) is 0.583. The van der Waals surface area contributed by atoms with E-state index in [2.05, 4.69) is 10.6 Å². The molecule has 0 saturated carbocycles. The van der Waals surface area contributed by atoms with Gasteiger partial charge < -0.3 is 25.8 Å². The van der Waals surface area contributed by atoms with Crippen LogP contribution in [0.1, 0.15) is 0 Å². The van der Waals surface area contributed by atoms with Gasteiger partial charge in [0.2, 0.25) is 0 Å². The molecule has 0 aromatic heterocycles. The van der Waals surface area contributed by atoms with Crippen molar-refractivity contribution < 1.29 is 14.3 Å². The number of rotatable bonds is 8.